The highest BCUT2D eigenvalue weighted by molar-refractivity contribution is 5.42. The molecule has 0 saturated heterocycles. The van der Waals surface area contributed by atoms with E-state index >= 15 is 0 Å². The molecule has 84 valence electrons. The van der Waals surface area contributed by atoms with Crippen molar-refractivity contribution in [2.45, 2.75) is 25.1 Å². The monoisotopic (exact) mass is 227 g/mol. The fourth-order valence-corrected chi connectivity index (χ4v) is 1.95. The zero-order valence-electron chi connectivity index (χ0n) is 8.21. The van der Waals surface area contributed by atoms with E-state index in [1.54, 1.807) is 0 Å². The van der Waals surface area contributed by atoms with Crippen molar-refractivity contribution in [3.63, 3.8) is 0 Å². The van der Waals surface area contributed by atoms with Crippen LogP contribution in [0.15, 0.2) is 23.2 Å². The first-order valence-electron chi connectivity index (χ1n) is 4.79. The van der Waals surface area contributed by atoms with Crippen LogP contribution in [0.1, 0.15) is 29.2 Å². The maximum atomic E-state index is 12.5. The molecule has 0 N–H and O–H groups in total. The van der Waals surface area contributed by atoms with Gasteiger partial charge in [-0.3, -0.25) is 0 Å². The summed E-state index contributed by atoms with van der Waals surface area (Å²) in [5, 5.41) is 0. The molecule has 2 nitrogen and oxygen atoms in total. The van der Waals surface area contributed by atoms with Gasteiger partial charge in [-0.25, -0.2) is 4.79 Å². The lowest BCUT2D eigenvalue weighted by Gasteiger charge is -2.10. The Balaban J connectivity index is 2.45. The molecule has 1 aromatic rings. The first-order valence-corrected chi connectivity index (χ1v) is 4.79. The molecule has 1 unspecified atom stereocenters. The Kier molecular flexibility index (Phi) is 2.56. The van der Waals surface area contributed by atoms with Crippen molar-refractivity contribution in [2.75, 3.05) is 0 Å². The van der Waals surface area contributed by atoms with Gasteiger partial charge in [0.2, 0.25) is 6.08 Å². The Morgan fingerprint density at radius 1 is 1.38 bits per heavy atom. The van der Waals surface area contributed by atoms with E-state index in [1.807, 2.05) is 0 Å². The molecule has 5 heteroatoms. The highest BCUT2D eigenvalue weighted by Gasteiger charge is 2.33. The molecule has 1 aromatic carbocycles. The maximum Gasteiger partial charge on any atom is 0.416 e. The average Bonchev–Trinajstić information content (AvgIpc) is 2.60. The summed E-state index contributed by atoms with van der Waals surface area (Å²) >= 11 is 0. The SMILES string of the molecule is O=C=NC1CCc2ccc(C(F)(F)F)cc21. The first kappa shape index (κ1) is 10.9. The maximum absolute atomic E-state index is 12.5. The van der Waals surface area contributed by atoms with Crippen molar-refractivity contribution < 1.29 is 18.0 Å². The molecule has 1 atom stereocenters. The van der Waals surface area contributed by atoms with Crippen LogP contribution in [0.5, 0.6) is 0 Å². The number of benzene rings is 1. The second-order valence-electron chi connectivity index (χ2n) is 3.69. The molecule has 0 heterocycles. The molecule has 2 rings (SSSR count). The van der Waals surface area contributed by atoms with Gasteiger partial charge in [0.25, 0.3) is 0 Å². The molecule has 0 saturated carbocycles. The normalized spacial score (nSPS) is 19.1. The number of carbonyl (C=O) groups excluding carboxylic acids is 1. The van der Waals surface area contributed by atoms with Crippen LogP contribution in [0.25, 0.3) is 0 Å². The predicted molar refractivity (Wildman–Crippen MR) is 50.6 cm³/mol. The fourth-order valence-electron chi connectivity index (χ4n) is 1.95. The zero-order chi connectivity index (χ0) is 11.8. The van der Waals surface area contributed by atoms with Crippen molar-refractivity contribution >= 4 is 6.08 Å². The summed E-state index contributed by atoms with van der Waals surface area (Å²) in [5.41, 5.74) is 0.634. The molecule has 0 spiro atoms. The third kappa shape index (κ3) is 1.86. The first-order chi connectivity index (χ1) is 7.52. The fraction of sp³-hybridized carbons (Fsp3) is 0.364. The lowest BCUT2D eigenvalue weighted by Crippen LogP contribution is -2.05. The molecular weight excluding hydrogens is 219 g/mol. The van der Waals surface area contributed by atoms with Gasteiger partial charge in [0.15, 0.2) is 0 Å². The molecule has 0 aliphatic heterocycles. The van der Waals surface area contributed by atoms with E-state index in [-0.39, 0.29) is 0 Å². The lowest BCUT2D eigenvalue weighted by molar-refractivity contribution is -0.137. The van der Waals surface area contributed by atoms with Crippen LogP contribution in [-0.4, -0.2) is 6.08 Å². The van der Waals surface area contributed by atoms with Gasteiger partial charge in [-0.2, -0.15) is 18.2 Å². The summed E-state index contributed by atoms with van der Waals surface area (Å²) in [6.45, 7) is 0. The standard InChI is InChI=1S/C11H8F3NO/c12-11(13,14)8-3-1-7-2-4-10(15-6-16)9(7)5-8/h1,3,5,10H,2,4H2. The lowest BCUT2D eigenvalue weighted by atomic mass is 10.0. The van der Waals surface area contributed by atoms with Crippen LogP contribution in [0.2, 0.25) is 0 Å². The summed E-state index contributed by atoms with van der Waals surface area (Å²) in [5.74, 6) is 0. The molecule has 0 bridgehead atoms. The van der Waals surface area contributed by atoms with Crippen LogP contribution >= 0.6 is 0 Å². The molecule has 0 aromatic heterocycles. The van der Waals surface area contributed by atoms with Gasteiger partial charge < -0.3 is 0 Å². The number of alkyl halides is 3. The smallest absolute Gasteiger partial charge is 0.211 e. The van der Waals surface area contributed by atoms with E-state index in [0.29, 0.717) is 18.4 Å². The van der Waals surface area contributed by atoms with E-state index in [4.69, 9.17) is 0 Å². The summed E-state index contributed by atoms with van der Waals surface area (Å²) in [7, 11) is 0. The Hall–Kier alpha value is -1.61. The van der Waals surface area contributed by atoms with Crippen molar-refractivity contribution in [3.05, 3.63) is 34.9 Å². The van der Waals surface area contributed by atoms with Crippen LogP contribution in [0.3, 0.4) is 0 Å². The molecule has 1 aliphatic carbocycles. The van der Waals surface area contributed by atoms with Crippen molar-refractivity contribution in [1.29, 1.82) is 0 Å². The van der Waals surface area contributed by atoms with Crippen LogP contribution in [0, 0.1) is 0 Å². The van der Waals surface area contributed by atoms with Crippen LogP contribution in [-0.2, 0) is 17.4 Å². The van der Waals surface area contributed by atoms with Crippen LogP contribution in [0.4, 0.5) is 13.2 Å². The minimum absolute atomic E-state index is 0.463. The number of aliphatic imine (C=N–C) groups is 1. The molecule has 0 radical (unpaired) electrons. The van der Waals surface area contributed by atoms with Gasteiger partial charge in [0, 0.05) is 0 Å². The van der Waals surface area contributed by atoms with Crippen molar-refractivity contribution in [1.82, 2.24) is 0 Å². The van der Waals surface area contributed by atoms with E-state index in [9.17, 15) is 18.0 Å². The third-order valence-corrected chi connectivity index (χ3v) is 2.73. The van der Waals surface area contributed by atoms with Gasteiger partial charge in [0.05, 0.1) is 11.6 Å². The van der Waals surface area contributed by atoms with Crippen molar-refractivity contribution in [3.8, 4) is 0 Å². The van der Waals surface area contributed by atoms with Gasteiger partial charge >= 0.3 is 6.18 Å². The topological polar surface area (TPSA) is 29.4 Å². The summed E-state index contributed by atoms with van der Waals surface area (Å²) in [6, 6.07) is 3.13. The number of rotatable bonds is 1. The third-order valence-electron chi connectivity index (χ3n) is 2.73. The Labute approximate surface area is 89.8 Å². The molecule has 0 amide bonds. The number of hydrogen-bond donors (Lipinski definition) is 0. The van der Waals surface area contributed by atoms with Crippen molar-refractivity contribution in [2.24, 2.45) is 4.99 Å². The quantitative estimate of drug-likeness (QED) is 0.535. The van der Waals surface area contributed by atoms with E-state index in [0.717, 1.165) is 17.7 Å². The van der Waals surface area contributed by atoms with E-state index in [1.165, 1.54) is 12.1 Å². The minimum Gasteiger partial charge on any atom is -0.211 e. The molecule has 0 fully saturated rings. The predicted octanol–water partition coefficient (Wildman–Crippen LogP) is 3.03. The van der Waals surface area contributed by atoms with Gasteiger partial charge in [-0.05, 0) is 36.1 Å². The van der Waals surface area contributed by atoms with Gasteiger partial charge in [0.1, 0.15) is 0 Å². The zero-order valence-corrected chi connectivity index (χ0v) is 8.21. The number of isocyanates is 1. The number of hydrogen-bond acceptors (Lipinski definition) is 2. The molecule has 16 heavy (non-hydrogen) atoms. The number of aryl methyl sites for hydroxylation is 1. The molecular formula is C11H8F3NO. The Morgan fingerprint density at radius 3 is 2.75 bits per heavy atom. The Morgan fingerprint density at radius 2 is 2.12 bits per heavy atom. The second kappa shape index (κ2) is 3.76. The largest absolute Gasteiger partial charge is 0.416 e. The van der Waals surface area contributed by atoms with E-state index < -0.39 is 17.8 Å². The Bertz CT molecular complexity index is 461. The number of nitrogens with zero attached hydrogens (tertiary/aromatic N) is 1. The van der Waals surface area contributed by atoms with Crippen LogP contribution < -0.4 is 0 Å². The van der Waals surface area contributed by atoms with E-state index in [2.05, 4.69) is 4.99 Å². The number of fused-ring (bicyclic) bond motifs is 1. The summed E-state index contributed by atoms with van der Waals surface area (Å²) in [6.07, 6.45) is -1.72. The highest BCUT2D eigenvalue weighted by Crippen LogP contribution is 2.38. The minimum atomic E-state index is -4.35. The highest BCUT2D eigenvalue weighted by atomic mass is 19.4. The molecule has 1 aliphatic rings. The van der Waals surface area contributed by atoms with Gasteiger partial charge in [-0.1, -0.05) is 6.07 Å². The number of halogens is 3. The second-order valence-corrected chi connectivity index (χ2v) is 3.69. The summed E-state index contributed by atoms with van der Waals surface area (Å²) in [4.78, 5) is 13.7. The summed E-state index contributed by atoms with van der Waals surface area (Å²) < 4.78 is 37.4. The average molecular weight is 227 g/mol. The van der Waals surface area contributed by atoms with Gasteiger partial charge in [-0.15, -0.1) is 0 Å².